The van der Waals surface area contributed by atoms with Crippen LogP contribution in [-0.4, -0.2) is 21.0 Å². The highest BCUT2D eigenvalue weighted by Gasteiger charge is 2.25. The molecule has 3 nitrogen and oxygen atoms in total. The topological polar surface area (TPSA) is 38.0 Å². The summed E-state index contributed by atoms with van der Waals surface area (Å²) in [5.41, 5.74) is 2.32. The van der Waals surface area contributed by atoms with E-state index in [4.69, 9.17) is 0 Å². The lowest BCUT2D eigenvalue weighted by atomic mass is 10.1. The lowest BCUT2D eigenvalue weighted by Crippen LogP contribution is -2.14. The van der Waals surface area contributed by atoms with Gasteiger partial charge in [0.1, 0.15) is 0 Å². The molecule has 16 heavy (non-hydrogen) atoms. The number of hydrogen-bond acceptors (Lipinski definition) is 2. The first kappa shape index (κ1) is 11.6. The zero-order valence-electron chi connectivity index (χ0n) is 10.3. The molecule has 1 aliphatic carbocycles. The second-order valence-electron chi connectivity index (χ2n) is 4.83. The van der Waals surface area contributed by atoms with Crippen molar-refractivity contribution in [3.63, 3.8) is 0 Å². The van der Waals surface area contributed by atoms with Crippen molar-refractivity contribution in [1.29, 1.82) is 0 Å². The van der Waals surface area contributed by atoms with Crippen molar-refractivity contribution in [3.8, 4) is 0 Å². The first-order valence-corrected chi connectivity index (χ1v) is 6.46. The minimum Gasteiger partial charge on any atom is -0.393 e. The summed E-state index contributed by atoms with van der Waals surface area (Å²) in [5, 5.41) is 14.5. The zero-order valence-corrected chi connectivity index (χ0v) is 10.3. The van der Waals surface area contributed by atoms with Crippen LogP contribution in [0.5, 0.6) is 0 Å². The molecule has 0 aromatic carbocycles. The quantitative estimate of drug-likeness (QED) is 0.801. The van der Waals surface area contributed by atoms with Gasteiger partial charge < -0.3 is 5.11 Å². The Hall–Kier alpha value is -0.830. The van der Waals surface area contributed by atoms with Gasteiger partial charge in [-0.15, -0.1) is 0 Å². The van der Waals surface area contributed by atoms with Gasteiger partial charge in [0.2, 0.25) is 0 Å². The minimum absolute atomic E-state index is 0.181. The van der Waals surface area contributed by atoms with Crippen molar-refractivity contribution < 1.29 is 5.11 Å². The average Bonchev–Trinajstić information content (AvgIpc) is 2.97. The number of aryl methyl sites for hydroxylation is 2. The largest absolute Gasteiger partial charge is 0.393 e. The summed E-state index contributed by atoms with van der Waals surface area (Å²) in [5.74, 6) is 0.790. The van der Waals surface area contributed by atoms with E-state index in [1.54, 1.807) is 0 Å². The van der Waals surface area contributed by atoms with Gasteiger partial charge in [0.05, 0.1) is 11.8 Å². The van der Waals surface area contributed by atoms with Gasteiger partial charge in [-0.3, -0.25) is 4.68 Å². The van der Waals surface area contributed by atoms with Crippen LogP contribution in [0.4, 0.5) is 0 Å². The van der Waals surface area contributed by atoms with Crippen LogP contribution in [0.25, 0.3) is 0 Å². The van der Waals surface area contributed by atoms with Crippen LogP contribution >= 0.6 is 0 Å². The maximum absolute atomic E-state index is 9.97. The Morgan fingerprint density at radius 1 is 1.50 bits per heavy atom. The standard InChI is InChI=1S/C13H22N2O/c1-3-11-8-12(15(4-2)14-11)9-13(16)7-10-5-6-10/h8,10,13,16H,3-7,9H2,1-2H3. The molecule has 1 atom stereocenters. The number of nitrogens with zero attached hydrogens (tertiary/aromatic N) is 2. The summed E-state index contributed by atoms with van der Waals surface area (Å²) in [6, 6.07) is 2.14. The molecular formula is C13H22N2O. The SMILES string of the molecule is CCc1cc(CC(O)CC2CC2)n(CC)n1. The molecule has 1 fully saturated rings. The average molecular weight is 222 g/mol. The van der Waals surface area contributed by atoms with Gasteiger partial charge in [-0.2, -0.15) is 5.10 Å². The predicted molar refractivity (Wildman–Crippen MR) is 64.3 cm³/mol. The molecule has 0 radical (unpaired) electrons. The second-order valence-corrected chi connectivity index (χ2v) is 4.83. The highest BCUT2D eigenvalue weighted by Crippen LogP contribution is 2.34. The van der Waals surface area contributed by atoms with Crippen molar-refractivity contribution >= 4 is 0 Å². The maximum Gasteiger partial charge on any atom is 0.0624 e. The fourth-order valence-electron chi connectivity index (χ4n) is 2.19. The molecule has 0 spiro atoms. The van der Waals surface area contributed by atoms with E-state index in [0.29, 0.717) is 0 Å². The molecule has 1 N–H and O–H groups in total. The lowest BCUT2D eigenvalue weighted by Gasteiger charge is -2.10. The van der Waals surface area contributed by atoms with Crippen molar-refractivity contribution in [2.45, 2.75) is 58.6 Å². The molecule has 1 heterocycles. The van der Waals surface area contributed by atoms with E-state index in [2.05, 4.69) is 25.0 Å². The van der Waals surface area contributed by atoms with Crippen molar-refractivity contribution in [2.24, 2.45) is 5.92 Å². The highest BCUT2D eigenvalue weighted by atomic mass is 16.3. The van der Waals surface area contributed by atoms with Crippen LogP contribution in [0.15, 0.2) is 6.07 Å². The third-order valence-electron chi connectivity index (χ3n) is 3.32. The first-order chi connectivity index (χ1) is 7.72. The fraction of sp³-hybridized carbons (Fsp3) is 0.769. The van der Waals surface area contributed by atoms with Crippen LogP contribution in [0.1, 0.15) is 44.5 Å². The molecule has 0 saturated heterocycles. The van der Waals surface area contributed by atoms with E-state index in [0.717, 1.165) is 37.4 Å². The van der Waals surface area contributed by atoms with Gasteiger partial charge in [0.15, 0.2) is 0 Å². The summed E-state index contributed by atoms with van der Waals surface area (Å²) < 4.78 is 2.02. The Morgan fingerprint density at radius 3 is 2.81 bits per heavy atom. The van der Waals surface area contributed by atoms with Crippen LogP contribution in [-0.2, 0) is 19.4 Å². The van der Waals surface area contributed by atoms with E-state index < -0.39 is 0 Å². The lowest BCUT2D eigenvalue weighted by molar-refractivity contribution is 0.155. The smallest absolute Gasteiger partial charge is 0.0624 e. The third-order valence-corrected chi connectivity index (χ3v) is 3.32. The van der Waals surface area contributed by atoms with Crippen LogP contribution in [0.3, 0.4) is 0 Å². The number of rotatable bonds is 6. The molecule has 0 amide bonds. The number of aliphatic hydroxyl groups is 1. The van der Waals surface area contributed by atoms with Crippen molar-refractivity contribution in [2.75, 3.05) is 0 Å². The molecule has 1 aromatic rings. The normalized spacial score (nSPS) is 17.7. The summed E-state index contributed by atoms with van der Waals surface area (Å²) in [6.07, 6.45) is 5.14. The molecular weight excluding hydrogens is 200 g/mol. The minimum atomic E-state index is -0.181. The van der Waals surface area contributed by atoms with Crippen LogP contribution in [0.2, 0.25) is 0 Å². The number of hydrogen-bond donors (Lipinski definition) is 1. The summed E-state index contributed by atoms with van der Waals surface area (Å²) >= 11 is 0. The highest BCUT2D eigenvalue weighted by molar-refractivity contribution is 5.11. The maximum atomic E-state index is 9.97. The van der Waals surface area contributed by atoms with Gasteiger partial charge in [0.25, 0.3) is 0 Å². The molecule has 0 aliphatic heterocycles. The summed E-state index contributed by atoms with van der Waals surface area (Å²) in [4.78, 5) is 0. The van der Waals surface area contributed by atoms with Crippen LogP contribution < -0.4 is 0 Å². The second kappa shape index (κ2) is 5.00. The summed E-state index contributed by atoms with van der Waals surface area (Å²) in [7, 11) is 0. The number of aromatic nitrogens is 2. The molecule has 2 rings (SSSR count). The predicted octanol–water partition coefficient (Wildman–Crippen LogP) is 2.17. The monoisotopic (exact) mass is 222 g/mol. The van der Waals surface area contributed by atoms with Gasteiger partial charge in [-0.25, -0.2) is 0 Å². The van der Waals surface area contributed by atoms with Gasteiger partial charge >= 0.3 is 0 Å². The van der Waals surface area contributed by atoms with E-state index in [1.165, 1.54) is 18.5 Å². The van der Waals surface area contributed by atoms with Crippen molar-refractivity contribution in [3.05, 3.63) is 17.5 Å². The Kier molecular flexibility index (Phi) is 3.64. The van der Waals surface area contributed by atoms with E-state index in [-0.39, 0.29) is 6.10 Å². The Morgan fingerprint density at radius 2 is 2.25 bits per heavy atom. The van der Waals surface area contributed by atoms with E-state index >= 15 is 0 Å². The van der Waals surface area contributed by atoms with Gasteiger partial charge in [-0.1, -0.05) is 19.8 Å². The molecule has 1 saturated carbocycles. The molecule has 3 heteroatoms. The van der Waals surface area contributed by atoms with Gasteiger partial charge in [-0.05, 0) is 31.7 Å². The zero-order chi connectivity index (χ0) is 11.5. The molecule has 1 unspecified atom stereocenters. The Bertz CT molecular complexity index is 342. The molecule has 0 bridgehead atoms. The van der Waals surface area contributed by atoms with Crippen molar-refractivity contribution in [1.82, 2.24) is 9.78 Å². The number of aliphatic hydroxyl groups excluding tert-OH is 1. The molecule has 1 aromatic heterocycles. The summed E-state index contributed by atoms with van der Waals surface area (Å²) in [6.45, 7) is 5.11. The molecule has 90 valence electrons. The van der Waals surface area contributed by atoms with E-state index in [9.17, 15) is 5.11 Å². The van der Waals surface area contributed by atoms with E-state index in [1.807, 2.05) is 4.68 Å². The first-order valence-electron chi connectivity index (χ1n) is 6.46. The van der Waals surface area contributed by atoms with Crippen LogP contribution in [0, 0.1) is 5.92 Å². The third kappa shape index (κ3) is 2.85. The Balaban J connectivity index is 1.97. The molecule has 1 aliphatic rings. The fourth-order valence-corrected chi connectivity index (χ4v) is 2.19. The van der Waals surface area contributed by atoms with Gasteiger partial charge in [0, 0.05) is 18.7 Å². The Labute approximate surface area is 97.5 Å².